The van der Waals surface area contributed by atoms with Gasteiger partial charge in [-0.1, -0.05) is 30.3 Å². The molecule has 8 heteroatoms. The lowest BCUT2D eigenvalue weighted by atomic mass is 10.1. The fourth-order valence-corrected chi connectivity index (χ4v) is 2.42. The number of hydrogen-bond donors (Lipinski definition) is 2. The summed E-state index contributed by atoms with van der Waals surface area (Å²) in [5, 5.41) is 4.48. The summed E-state index contributed by atoms with van der Waals surface area (Å²) < 4.78 is 41.8. The first-order chi connectivity index (χ1) is 12.8. The van der Waals surface area contributed by atoms with Gasteiger partial charge in [0.05, 0.1) is 7.11 Å². The normalized spacial score (nSPS) is 11.0. The first kappa shape index (κ1) is 20.3. The Bertz CT molecular complexity index is 807. The number of ether oxygens (including phenoxy) is 1. The maximum atomic E-state index is 12.2. The van der Waals surface area contributed by atoms with Gasteiger partial charge in [-0.15, -0.1) is 0 Å². The van der Waals surface area contributed by atoms with Gasteiger partial charge < -0.3 is 15.4 Å². The first-order valence-corrected chi connectivity index (χ1v) is 8.15. The molecule has 0 aliphatic rings. The molecule has 0 saturated carbocycles. The van der Waals surface area contributed by atoms with Gasteiger partial charge in [0.1, 0.15) is 5.75 Å². The van der Waals surface area contributed by atoms with Gasteiger partial charge in [0, 0.05) is 18.7 Å². The van der Waals surface area contributed by atoms with Crippen LogP contribution in [0.25, 0.3) is 0 Å². The summed E-state index contributed by atoms with van der Waals surface area (Å²) in [6.07, 6.45) is -4.23. The number of carbonyl (C=O) groups excluding carboxylic acids is 2. The minimum Gasteiger partial charge on any atom is -0.496 e. The lowest BCUT2D eigenvalue weighted by Gasteiger charge is -2.11. The van der Waals surface area contributed by atoms with E-state index in [9.17, 15) is 22.8 Å². The van der Waals surface area contributed by atoms with E-state index in [4.69, 9.17) is 4.74 Å². The average molecular weight is 380 g/mol. The maximum Gasteiger partial charge on any atom is 0.471 e. The van der Waals surface area contributed by atoms with E-state index in [-0.39, 0.29) is 18.9 Å². The number of benzene rings is 2. The van der Waals surface area contributed by atoms with E-state index in [1.807, 2.05) is 24.3 Å². The smallest absolute Gasteiger partial charge is 0.471 e. The number of para-hydroxylation sites is 1. The third-order valence-corrected chi connectivity index (χ3v) is 3.74. The van der Waals surface area contributed by atoms with Crippen molar-refractivity contribution in [2.24, 2.45) is 0 Å². The van der Waals surface area contributed by atoms with Gasteiger partial charge in [0.15, 0.2) is 0 Å². The van der Waals surface area contributed by atoms with Crippen LogP contribution in [0.3, 0.4) is 0 Å². The Hall–Kier alpha value is -3.03. The summed E-state index contributed by atoms with van der Waals surface area (Å²) in [5.74, 6) is -1.54. The van der Waals surface area contributed by atoms with Crippen molar-refractivity contribution in [3.05, 3.63) is 59.7 Å². The van der Waals surface area contributed by atoms with Crippen LogP contribution in [0.4, 0.5) is 18.9 Å². The lowest BCUT2D eigenvalue weighted by Crippen LogP contribution is -2.36. The van der Waals surface area contributed by atoms with Gasteiger partial charge in [-0.2, -0.15) is 13.2 Å². The topological polar surface area (TPSA) is 67.4 Å². The van der Waals surface area contributed by atoms with E-state index in [1.54, 1.807) is 30.6 Å². The van der Waals surface area contributed by atoms with Gasteiger partial charge in [0.2, 0.25) is 5.91 Å². The van der Waals surface area contributed by atoms with Crippen LogP contribution in [0.15, 0.2) is 48.5 Å². The molecule has 0 heterocycles. The number of rotatable bonds is 7. The summed E-state index contributed by atoms with van der Waals surface area (Å²) in [7, 11) is 1.56. The number of nitrogens with one attached hydrogen (secondary N) is 2. The minimum atomic E-state index is -4.93. The van der Waals surface area contributed by atoms with Crippen molar-refractivity contribution in [2.75, 3.05) is 12.4 Å². The first-order valence-electron chi connectivity index (χ1n) is 8.15. The highest BCUT2D eigenvalue weighted by atomic mass is 19.4. The molecular formula is C19H19F3N2O3. The molecule has 0 fully saturated rings. The number of alkyl halides is 3. The molecule has 5 nitrogen and oxygen atoms in total. The molecule has 0 saturated heterocycles. The third-order valence-electron chi connectivity index (χ3n) is 3.74. The molecule has 2 rings (SSSR count). The summed E-state index contributed by atoms with van der Waals surface area (Å²) in [6, 6.07) is 13.7. The van der Waals surface area contributed by atoms with Crippen molar-refractivity contribution in [2.45, 2.75) is 25.6 Å². The van der Waals surface area contributed by atoms with Gasteiger partial charge in [-0.3, -0.25) is 9.59 Å². The molecule has 2 aromatic rings. The van der Waals surface area contributed by atoms with Crippen LogP contribution in [0.2, 0.25) is 0 Å². The Morgan fingerprint density at radius 2 is 1.81 bits per heavy atom. The number of halogens is 3. The van der Waals surface area contributed by atoms with Crippen LogP contribution in [0.5, 0.6) is 5.75 Å². The second-order valence-electron chi connectivity index (χ2n) is 5.74. The molecular weight excluding hydrogens is 361 g/mol. The molecule has 0 aliphatic heterocycles. The molecule has 144 valence electrons. The van der Waals surface area contributed by atoms with Crippen LogP contribution in [0.1, 0.15) is 17.5 Å². The van der Waals surface area contributed by atoms with Crippen molar-refractivity contribution in [3.8, 4) is 5.75 Å². The second kappa shape index (κ2) is 9.07. The van der Waals surface area contributed by atoms with Gasteiger partial charge >= 0.3 is 12.1 Å². The maximum absolute atomic E-state index is 12.2. The number of anilines is 1. The highest BCUT2D eigenvalue weighted by molar-refractivity contribution is 5.91. The predicted molar refractivity (Wildman–Crippen MR) is 94.3 cm³/mol. The number of carbonyl (C=O) groups is 2. The van der Waals surface area contributed by atoms with Crippen molar-refractivity contribution >= 4 is 17.5 Å². The van der Waals surface area contributed by atoms with Gasteiger partial charge in [0.25, 0.3) is 0 Å². The highest BCUT2D eigenvalue weighted by Crippen LogP contribution is 2.19. The molecule has 0 radical (unpaired) electrons. The number of aryl methyl sites for hydroxylation is 1. The summed E-state index contributed by atoms with van der Waals surface area (Å²) in [4.78, 5) is 23.0. The highest BCUT2D eigenvalue weighted by Gasteiger charge is 2.38. The summed E-state index contributed by atoms with van der Waals surface area (Å²) in [6.45, 7) is -0.288. The van der Waals surface area contributed by atoms with E-state index in [2.05, 4.69) is 5.32 Å². The standard InChI is InChI=1S/C19H19F3N2O3/c1-27-16-8-3-2-6-14(16)9-10-17(25)24-15-7-4-5-13(11-15)12-23-18(26)19(20,21)22/h2-8,11H,9-10,12H2,1H3,(H,23,26)(H,24,25). The van der Waals surface area contributed by atoms with E-state index >= 15 is 0 Å². The molecule has 27 heavy (non-hydrogen) atoms. The van der Waals surface area contributed by atoms with Crippen LogP contribution < -0.4 is 15.4 Å². The molecule has 0 aromatic heterocycles. The Balaban J connectivity index is 1.89. The van der Waals surface area contributed by atoms with E-state index in [0.29, 0.717) is 23.4 Å². The fraction of sp³-hybridized carbons (Fsp3) is 0.263. The third kappa shape index (κ3) is 6.32. The summed E-state index contributed by atoms with van der Waals surface area (Å²) >= 11 is 0. The molecule has 0 spiro atoms. The Kier molecular flexibility index (Phi) is 6.81. The molecule has 2 N–H and O–H groups in total. The lowest BCUT2D eigenvalue weighted by molar-refractivity contribution is -0.173. The SMILES string of the molecule is COc1ccccc1CCC(=O)Nc1cccc(CNC(=O)C(F)(F)F)c1. The zero-order valence-electron chi connectivity index (χ0n) is 14.6. The zero-order valence-corrected chi connectivity index (χ0v) is 14.6. The number of hydrogen-bond acceptors (Lipinski definition) is 3. The van der Waals surface area contributed by atoms with Gasteiger partial charge in [-0.25, -0.2) is 0 Å². The minimum absolute atomic E-state index is 0.218. The number of amides is 2. The van der Waals surface area contributed by atoms with E-state index < -0.39 is 12.1 Å². The zero-order chi connectivity index (χ0) is 19.9. The molecule has 0 aliphatic carbocycles. The Morgan fingerprint density at radius 1 is 1.07 bits per heavy atom. The fourth-order valence-electron chi connectivity index (χ4n) is 2.42. The second-order valence-corrected chi connectivity index (χ2v) is 5.74. The van der Waals surface area contributed by atoms with E-state index in [0.717, 1.165) is 5.56 Å². The largest absolute Gasteiger partial charge is 0.496 e. The van der Waals surface area contributed by atoms with Crippen molar-refractivity contribution in [1.29, 1.82) is 0 Å². The quantitative estimate of drug-likeness (QED) is 0.773. The van der Waals surface area contributed by atoms with Gasteiger partial charge in [-0.05, 0) is 35.7 Å². The van der Waals surface area contributed by atoms with E-state index in [1.165, 1.54) is 6.07 Å². The molecule has 0 unspecified atom stereocenters. The average Bonchev–Trinajstić information content (AvgIpc) is 2.64. The van der Waals surface area contributed by atoms with Crippen LogP contribution in [-0.2, 0) is 22.6 Å². The number of methoxy groups -OCH3 is 1. The molecule has 0 bridgehead atoms. The monoisotopic (exact) mass is 380 g/mol. The molecule has 0 atom stereocenters. The molecule has 2 aromatic carbocycles. The van der Waals surface area contributed by atoms with Crippen LogP contribution >= 0.6 is 0 Å². The van der Waals surface area contributed by atoms with Crippen LogP contribution in [-0.4, -0.2) is 25.1 Å². The van der Waals surface area contributed by atoms with Crippen LogP contribution in [0, 0.1) is 0 Å². The van der Waals surface area contributed by atoms with Crippen molar-refractivity contribution in [1.82, 2.24) is 5.32 Å². The van der Waals surface area contributed by atoms with Crippen molar-refractivity contribution in [3.63, 3.8) is 0 Å². The predicted octanol–water partition coefficient (Wildman–Crippen LogP) is 3.45. The Labute approximate surface area is 154 Å². The summed E-state index contributed by atoms with van der Waals surface area (Å²) in [5.41, 5.74) is 1.78. The van der Waals surface area contributed by atoms with Crippen molar-refractivity contribution < 1.29 is 27.5 Å². The Morgan fingerprint density at radius 3 is 2.52 bits per heavy atom. The molecule has 2 amide bonds.